The van der Waals surface area contributed by atoms with Crippen LogP contribution in [0.1, 0.15) is 34.0 Å². The third-order valence-electron chi connectivity index (χ3n) is 5.71. The molecule has 0 aliphatic rings. The van der Waals surface area contributed by atoms with Crippen LogP contribution < -0.4 is 16.2 Å². The van der Waals surface area contributed by atoms with Crippen LogP contribution in [-0.4, -0.2) is 21.4 Å². The first-order chi connectivity index (χ1) is 16.2. The van der Waals surface area contributed by atoms with E-state index in [4.69, 9.17) is 12.2 Å². The van der Waals surface area contributed by atoms with E-state index in [1.165, 1.54) is 11.5 Å². The second-order valence-corrected chi connectivity index (χ2v) is 8.62. The number of anilines is 2. The number of benzene rings is 3. The molecule has 4 aromatic rings. The van der Waals surface area contributed by atoms with Gasteiger partial charge in [-0.2, -0.15) is 0 Å². The second-order valence-electron chi connectivity index (χ2n) is 8.23. The molecule has 0 aliphatic heterocycles. The van der Waals surface area contributed by atoms with Gasteiger partial charge >= 0.3 is 0 Å². The third kappa shape index (κ3) is 4.40. The van der Waals surface area contributed by atoms with E-state index in [9.17, 15) is 14.4 Å². The molecule has 7 nitrogen and oxygen atoms in total. The largest absolute Gasteiger partial charge is 0.331 e. The van der Waals surface area contributed by atoms with Crippen molar-refractivity contribution in [2.75, 3.05) is 10.6 Å². The number of nitrogens with zero attached hydrogens (tertiary/aromatic N) is 1. The molecule has 172 valence electrons. The molecular formula is C26H24N4O3S. The fourth-order valence-electron chi connectivity index (χ4n) is 3.81. The minimum Gasteiger partial charge on any atom is -0.331 e. The van der Waals surface area contributed by atoms with Gasteiger partial charge in [-0.1, -0.05) is 18.2 Å². The molecule has 8 heteroatoms. The molecule has 0 saturated heterocycles. The second kappa shape index (κ2) is 9.07. The molecule has 0 fully saturated rings. The first-order valence-corrected chi connectivity index (χ1v) is 11.1. The van der Waals surface area contributed by atoms with Gasteiger partial charge < -0.3 is 15.6 Å². The van der Waals surface area contributed by atoms with E-state index < -0.39 is 0 Å². The van der Waals surface area contributed by atoms with Crippen molar-refractivity contribution in [3.63, 3.8) is 0 Å². The highest BCUT2D eigenvalue weighted by molar-refractivity contribution is 7.71. The lowest BCUT2D eigenvalue weighted by atomic mass is 10.1. The summed E-state index contributed by atoms with van der Waals surface area (Å²) >= 11 is 5.50. The van der Waals surface area contributed by atoms with Crippen LogP contribution in [0, 0.1) is 25.5 Å². The van der Waals surface area contributed by atoms with Crippen LogP contribution in [0.3, 0.4) is 0 Å². The lowest BCUT2D eigenvalue weighted by Crippen LogP contribution is -2.22. The first-order valence-electron chi connectivity index (χ1n) is 10.7. The minimum atomic E-state index is -0.378. The number of hydrogen-bond donors (Lipinski definition) is 3. The van der Waals surface area contributed by atoms with Crippen molar-refractivity contribution in [2.45, 2.75) is 27.7 Å². The van der Waals surface area contributed by atoms with Crippen LogP contribution in [0.5, 0.6) is 0 Å². The van der Waals surface area contributed by atoms with Crippen LogP contribution in [0.4, 0.5) is 11.4 Å². The Balaban J connectivity index is 1.74. The summed E-state index contributed by atoms with van der Waals surface area (Å²) in [5.41, 5.74) is 5.22. The predicted molar refractivity (Wildman–Crippen MR) is 138 cm³/mol. The van der Waals surface area contributed by atoms with Crippen LogP contribution in [0.2, 0.25) is 0 Å². The Morgan fingerprint density at radius 1 is 0.941 bits per heavy atom. The smallest absolute Gasteiger partial charge is 0.266 e. The molecule has 0 unspecified atom stereocenters. The molecule has 0 bridgehead atoms. The van der Waals surface area contributed by atoms with Crippen molar-refractivity contribution < 1.29 is 9.59 Å². The molecule has 3 aromatic carbocycles. The SMILES string of the molecule is CC(=O)Nc1ccc(C)cc1NC(=O)c1ccc2c(=O)n(-c3cccc(C)c3C)c(=S)[nH]c2c1. The van der Waals surface area contributed by atoms with E-state index in [1.807, 2.05) is 45.0 Å². The number of nitrogens with one attached hydrogen (secondary N) is 3. The van der Waals surface area contributed by atoms with Crippen molar-refractivity contribution in [2.24, 2.45) is 0 Å². The minimum absolute atomic E-state index is 0.238. The molecular weight excluding hydrogens is 448 g/mol. The van der Waals surface area contributed by atoms with Crippen molar-refractivity contribution >= 4 is 46.3 Å². The fraction of sp³-hybridized carbons (Fsp3) is 0.154. The molecule has 0 spiro atoms. The highest BCUT2D eigenvalue weighted by atomic mass is 32.1. The van der Waals surface area contributed by atoms with E-state index in [2.05, 4.69) is 15.6 Å². The molecule has 0 radical (unpaired) electrons. The zero-order valence-electron chi connectivity index (χ0n) is 19.3. The summed E-state index contributed by atoms with van der Waals surface area (Å²) in [4.78, 5) is 40.9. The molecule has 0 aliphatic carbocycles. The van der Waals surface area contributed by atoms with E-state index in [1.54, 1.807) is 30.3 Å². The topological polar surface area (TPSA) is 96.0 Å². The lowest BCUT2D eigenvalue weighted by Gasteiger charge is -2.14. The molecule has 34 heavy (non-hydrogen) atoms. The average Bonchev–Trinajstić information content (AvgIpc) is 2.77. The summed E-state index contributed by atoms with van der Waals surface area (Å²) in [5.74, 6) is -0.616. The summed E-state index contributed by atoms with van der Waals surface area (Å²) in [6, 6.07) is 15.9. The summed E-state index contributed by atoms with van der Waals surface area (Å²) in [7, 11) is 0. The number of aromatic amines is 1. The molecule has 1 heterocycles. The molecule has 3 N–H and O–H groups in total. The normalized spacial score (nSPS) is 10.8. The monoisotopic (exact) mass is 472 g/mol. The molecule has 0 atom stereocenters. The van der Waals surface area contributed by atoms with Gasteiger partial charge in [-0.3, -0.25) is 19.0 Å². The lowest BCUT2D eigenvalue weighted by molar-refractivity contribution is -0.114. The Morgan fingerprint density at radius 2 is 1.71 bits per heavy atom. The van der Waals surface area contributed by atoms with Crippen molar-refractivity contribution in [1.82, 2.24) is 9.55 Å². The standard InChI is InChI=1S/C26H24N4O3S/c1-14-8-11-20(27-17(4)31)22(12-14)28-24(32)18-9-10-19-21(13-18)29-26(34)30(25(19)33)23-7-5-6-15(2)16(23)3/h5-13H,1-4H3,(H,27,31)(H,28,32)(H,29,34). The summed E-state index contributed by atoms with van der Waals surface area (Å²) in [5, 5.41) is 5.97. The van der Waals surface area contributed by atoms with Gasteiger partial charge in [0.2, 0.25) is 5.91 Å². The van der Waals surface area contributed by atoms with Gasteiger partial charge in [-0.15, -0.1) is 0 Å². The first kappa shape index (κ1) is 23.1. The molecule has 4 rings (SSSR count). The zero-order chi connectivity index (χ0) is 24.6. The Bertz CT molecular complexity index is 1580. The van der Waals surface area contributed by atoms with Crippen molar-refractivity contribution in [3.05, 3.63) is 92.0 Å². The maximum absolute atomic E-state index is 13.3. The van der Waals surface area contributed by atoms with Crippen LogP contribution in [-0.2, 0) is 4.79 Å². The number of carbonyl (C=O) groups is 2. The maximum atomic E-state index is 13.3. The number of hydrogen-bond acceptors (Lipinski definition) is 4. The Hall–Kier alpha value is -4.04. The maximum Gasteiger partial charge on any atom is 0.266 e. The molecule has 2 amide bonds. The Labute approximate surface area is 201 Å². The van der Waals surface area contributed by atoms with Gasteiger partial charge in [-0.05, 0) is 86.1 Å². The van der Waals surface area contributed by atoms with Gasteiger partial charge in [-0.25, -0.2) is 0 Å². The van der Waals surface area contributed by atoms with E-state index in [0.717, 1.165) is 22.4 Å². The van der Waals surface area contributed by atoms with E-state index in [0.29, 0.717) is 27.8 Å². The predicted octanol–water partition coefficient (Wildman–Crippen LogP) is 5.18. The average molecular weight is 473 g/mol. The number of amides is 2. The van der Waals surface area contributed by atoms with Crippen LogP contribution in [0.25, 0.3) is 16.6 Å². The molecule has 1 aromatic heterocycles. The van der Waals surface area contributed by atoms with Crippen molar-refractivity contribution in [1.29, 1.82) is 0 Å². The number of rotatable bonds is 4. The number of fused-ring (bicyclic) bond motifs is 1. The van der Waals surface area contributed by atoms with E-state index in [-0.39, 0.29) is 22.1 Å². The van der Waals surface area contributed by atoms with Crippen molar-refractivity contribution in [3.8, 4) is 5.69 Å². The zero-order valence-corrected chi connectivity index (χ0v) is 20.1. The number of carbonyl (C=O) groups excluding carboxylic acids is 2. The quantitative estimate of drug-likeness (QED) is 0.357. The summed E-state index contributed by atoms with van der Waals surface area (Å²) in [6.07, 6.45) is 0. The third-order valence-corrected chi connectivity index (χ3v) is 6.00. The fourth-order valence-corrected chi connectivity index (χ4v) is 4.10. The van der Waals surface area contributed by atoms with Crippen LogP contribution in [0.15, 0.2) is 59.4 Å². The van der Waals surface area contributed by atoms with Gasteiger partial charge in [0.15, 0.2) is 4.77 Å². The summed E-state index contributed by atoms with van der Waals surface area (Å²) in [6.45, 7) is 7.23. The van der Waals surface area contributed by atoms with Gasteiger partial charge in [0.05, 0.1) is 28.0 Å². The number of aryl methyl sites for hydroxylation is 2. The van der Waals surface area contributed by atoms with Gasteiger partial charge in [0, 0.05) is 12.5 Å². The number of aromatic nitrogens is 2. The summed E-state index contributed by atoms with van der Waals surface area (Å²) < 4.78 is 1.72. The highest BCUT2D eigenvalue weighted by Crippen LogP contribution is 2.24. The highest BCUT2D eigenvalue weighted by Gasteiger charge is 2.15. The Kier molecular flexibility index (Phi) is 6.17. The number of H-pyrrole nitrogens is 1. The van der Waals surface area contributed by atoms with E-state index >= 15 is 0 Å². The Morgan fingerprint density at radius 3 is 2.44 bits per heavy atom. The van der Waals surface area contributed by atoms with Gasteiger partial charge in [0.1, 0.15) is 0 Å². The van der Waals surface area contributed by atoms with Gasteiger partial charge in [0.25, 0.3) is 11.5 Å². The molecule has 0 saturated carbocycles. The van der Waals surface area contributed by atoms with Crippen LogP contribution >= 0.6 is 12.2 Å².